The van der Waals surface area contributed by atoms with E-state index in [2.05, 4.69) is 27.4 Å². The fraction of sp³-hybridized carbons (Fsp3) is 0.150. The van der Waals surface area contributed by atoms with Crippen molar-refractivity contribution < 1.29 is 9.26 Å². The van der Waals surface area contributed by atoms with Crippen LogP contribution in [0.15, 0.2) is 65.2 Å². The van der Waals surface area contributed by atoms with Crippen LogP contribution in [0.4, 0.5) is 0 Å². The minimum atomic E-state index is -0.0205. The Hall–Kier alpha value is -2.96. The van der Waals surface area contributed by atoms with Gasteiger partial charge in [-0.05, 0) is 23.8 Å². The number of hydrogen-bond acceptors (Lipinski definition) is 5. The molecule has 0 amide bonds. The maximum atomic E-state index is 6.21. The van der Waals surface area contributed by atoms with Crippen LogP contribution in [0.3, 0.4) is 0 Å². The van der Waals surface area contributed by atoms with Gasteiger partial charge in [0.15, 0.2) is 5.69 Å². The second-order valence-electron chi connectivity index (χ2n) is 6.32. The molecule has 1 aliphatic heterocycles. The zero-order valence-electron chi connectivity index (χ0n) is 14.2. The highest BCUT2D eigenvalue weighted by Crippen LogP contribution is 2.30. The minimum absolute atomic E-state index is 0.0205. The second-order valence-corrected chi connectivity index (χ2v) is 6.72. The van der Waals surface area contributed by atoms with Crippen LogP contribution in [0.2, 0.25) is 5.02 Å². The molecule has 0 spiro atoms. The second kappa shape index (κ2) is 6.64. The van der Waals surface area contributed by atoms with E-state index in [-0.39, 0.29) is 6.10 Å². The lowest BCUT2D eigenvalue weighted by atomic mass is 10.1. The molecule has 0 bridgehead atoms. The molecule has 134 valence electrons. The maximum absolute atomic E-state index is 6.21. The van der Waals surface area contributed by atoms with E-state index in [1.807, 2.05) is 47.1 Å². The molecule has 0 unspecified atom stereocenters. The maximum Gasteiger partial charge on any atom is 0.278 e. The Morgan fingerprint density at radius 1 is 1.04 bits per heavy atom. The molecule has 6 nitrogen and oxygen atoms in total. The molecule has 5 rings (SSSR count). The first-order valence-corrected chi connectivity index (χ1v) is 8.98. The first-order chi connectivity index (χ1) is 13.3. The standard InChI is InChI=1S/C20H15ClN4O2/c21-16-9-5-4-8-15(16)19-22-20(27-24-19)17-10-14-12-26-18(11-25(14)23-17)13-6-2-1-3-7-13/h1-10,18H,11-12H2/t18-/m0/s1. The van der Waals surface area contributed by atoms with Gasteiger partial charge >= 0.3 is 0 Å². The summed E-state index contributed by atoms with van der Waals surface area (Å²) in [5.74, 6) is 0.808. The van der Waals surface area contributed by atoms with E-state index in [1.165, 1.54) is 0 Å². The van der Waals surface area contributed by atoms with Gasteiger partial charge in [0.1, 0.15) is 6.10 Å². The lowest BCUT2D eigenvalue weighted by molar-refractivity contribution is -0.00113. The first-order valence-electron chi connectivity index (χ1n) is 8.60. The smallest absolute Gasteiger partial charge is 0.278 e. The average molecular weight is 379 g/mol. The van der Waals surface area contributed by atoms with Gasteiger partial charge in [0.2, 0.25) is 5.82 Å². The van der Waals surface area contributed by atoms with Crippen molar-refractivity contribution >= 4 is 11.6 Å². The predicted octanol–water partition coefficient (Wildman–Crippen LogP) is 4.53. The van der Waals surface area contributed by atoms with Crippen molar-refractivity contribution in [1.29, 1.82) is 0 Å². The van der Waals surface area contributed by atoms with Crippen LogP contribution in [-0.2, 0) is 17.9 Å². The van der Waals surface area contributed by atoms with Gasteiger partial charge in [0.25, 0.3) is 5.89 Å². The van der Waals surface area contributed by atoms with Gasteiger partial charge in [0, 0.05) is 5.56 Å². The lowest BCUT2D eigenvalue weighted by Crippen LogP contribution is -2.21. The summed E-state index contributed by atoms with van der Waals surface area (Å²) < 4.78 is 13.3. The molecular formula is C20H15ClN4O2. The fourth-order valence-corrected chi connectivity index (χ4v) is 3.40. The van der Waals surface area contributed by atoms with Crippen LogP contribution >= 0.6 is 11.6 Å². The summed E-state index contributed by atoms with van der Waals surface area (Å²) in [4.78, 5) is 4.45. The summed E-state index contributed by atoms with van der Waals surface area (Å²) in [5, 5.41) is 9.25. The van der Waals surface area contributed by atoms with E-state index in [1.54, 1.807) is 6.07 Å². The average Bonchev–Trinajstić information content (AvgIpc) is 3.35. The van der Waals surface area contributed by atoms with Gasteiger partial charge < -0.3 is 9.26 Å². The van der Waals surface area contributed by atoms with Gasteiger partial charge in [-0.1, -0.05) is 59.2 Å². The molecule has 2 aromatic carbocycles. The fourth-order valence-electron chi connectivity index (χ4n) is 3.18. The minimum Gasteiger partial charge on any atom is -0.365 e. The molecule has 0 saturated carbocycles. The van der Waals surface area contributed by atoms with Crippen molar-refractivity contribution in [3.8, 4) is 23.0 Å². The van der Waals surface area contributed by atoms with Crippen molar-refractivity contribution in [1.82, 2.24) is 19.9 Å². The summed E-state index contributed by atoms with van der Waals surface area (Å²) in [6.07, 6.45) is -0.0205. The molecule has 0 N–H and O–H groups in total. The highest BCUT2D eigenvalue weighted by Gasteiger charge is 2.24. The Kier molecular flexibility index (Phi) is 3.99. The Labute approximate surface area is 160 Å². The van der Waals surface area contributed by atoms with Gasteiger partial charge in [-0.2, -0.15) is 10.1 Å². The molecule has 2 aromatic heterocycles. The van der Waals surface area contributed by atoms with Crippen molar-refractivity contribution in [2.75, 3.05) is 0 Å². The SMILES string of the molecule is Clc1ccccc1-c1noc(-c2cc3n(n2)C[C@@H](c2ccccc2)OC3)n1. The van der Waals surface area contributed by atoms with Gasteiger partial charge in [-0.15, -0.1) is 0 Å². The van der Waals surface area contributed by atoms with E-state index in [4.69, 9.17) is 20.9 Å². The monoisotopic (exact) mass is 378 g/mol. The van der Waals surface area contributed by atoms with E-state index in [0.717, 1.165) is 16.8 Å². The molecule has 0 aliphatic carbocycles. The van der Waals surface area contributed by atoms with Gasteiger partial charge in [-0.3, -0.25) is 4.68 Å². The summed E-state index contributed by atoms with van der Waals surface area (Å²) in [7, 11) is 0. The number of rotatable bonds is 3. The molecule has 27 heavy (non-hydrogen) atoms. The largest absolute Gasteiger partial charge is 0.365 e. The molecule has 0 fully saturated rings. The summed E-state index contributed by atoms with van der Waals surface area (Å²) in [6.45, 7) is 1.13. The summed E-state index contributed by atoms with van der Waals surface area (Å²) >= 11 is 6.21. The molecular weight excluding hydrogens is 364 g/mol. The Morgan fingerprint density at radius 3 is 2.70 bits per heavy atom. The van der Waals surface area contributed by atoms with E-state index < -0.39 is 0 Å². The third-order valence-corrected chi connectivity index (χ3v) is 4.90. The number of fused-ring (bicyclic) bond motifs is 1. The molecule has 0 radical (unpaired) electrons. The number of benzene rings is 2. The Balaban J connectivity index is 1.43. The number of hydrogen-bond donors (Lipinski definition) is 0. The van der Waals surface area contributed by atoms with Gasteiger partial charge in [0.05, 0.1) is 23.9 Å². The molecule has 0 saturated heterocycles. The number of nitrogens with zero attached hydrogens (tertiary/aromatic N) is 4. The van der Waals surface area contributed by atoms with Crippen LogP contribution in [0.25, 0.3) is 23.0 Å². The third-order valence-electron chi connectivity index (χ3n) is 4.57. The van der Waals surface area contributed by atoms with Gasteiger partial charge in [-0.25, -0.2) is 0 Å². The van der Waals surface area contributed by atoms with Crippen molar-refractivity contribution in [3.05, 3.63) is 76.9 Å². The van der Waals surface area contributed by atoms with Crippen molar-refractivity contribution in [2.45, 2.75) is 19.3 Å². The Bertz CT molecular complexity index is 1090. The van der Waals surface area contributed by atoms with Crippen LogP contribution in [-0.4, -0.2) is 19.9 Å². The van der Waals surface area contributed by atoms with E-state index in [0.29, 0.717) is 35.6 Å². The van der Waals surface area contributed by atoms with E-state index in [9.17, 15) is 0 Å². The zero-order valence-corrected chi connectivity index (χ0v) is 15.0. The molecule has 1 atom stereocenters. The topological polar surface area (TPSA) is 66.0 Å². The first kappa shape index (κ1) is 16.2. The number of aromatic nitrogens is 4. The normalized spacial score (nSPS) is 16.3. The summed E-state index contributed by atoms with van der Waals surface area (Å²) in [6, 6.07) is 19.5. The van der Waals surface area contributed by atoms with E-state index >= 15 is 0 Å². The molecule has 1 aliphatic rings. The molecule has 4 aromatic rings. The molecule has 3 heterocycles. The van der Waals surface area contributed by atoms with Crippen LogP contribution in [0, 0.1) is 0 Å². The number of ether oxygens (including phenoxy) is 1. The highest BCUT2D eigenvalue weighted by atomic mass is 35.5. The van der Waals surface area contributed by atoms with Crippen molar-refractivity contribution in [2.24, 2.45) is 0 Å². The van der Waals surface area contributed by atoms with Crippen LogP contribution < -0.4 is 0 Å². The van der Waals surface area contributed by atoms with Crippen LogP contribution in [0.1, 0.15) is 17.4 Å². The highest BCUT2D eigenvalue weighted by molar-refractivity contribution is 6.33. The predicted molar refractivity (Wildman–Crippen MR) is 99.9 cm³/mol. The van der Waals surface area contributed by atoms with Crippen LogP contribution in [0.5, 0.6) is 0 Å². The lowest BCUT2D eigenvalue weighted by Gasteiger charge is -2.24. The third kappa shape index (κ3) is 3.03. The quantitative estimate of drug-likeness (QED) is 0.524. The Morgan fingerprint density at radius 2 is 1.85 bits per heavy atom. The number of halogens is 1. The molecule has 7 heteroatoms. The summed E-state index contributed by atoms with van der Waals surface area (Å²) in [5.41, 5.74) is 3.48. The zero-order chi connectivity index (χ0) is 18.2. The van der Waals surface area contributed by atoms with Crippen molar-refractivity contribution in [3.63, 3.8) is 0 Å².